The van der Waals surface area contributed by atoms with Gasteiger partial charge in [0, 0.05) is 29.5 Å². The van der Waals surface area contributed by atoms with E-state index in [1.54, 1.807) is 42.3 Å². The first-order valence-electron chi connectivity index (χ1n) is 5.46. The predicted octanol–water partition coefficient (Wildman–Crippen LogP) is 3.72. The number of halogens is 1. The number of nitrogens with zero attached hydrogens (tertiary/aromatic N) is 2. The fourth-order valence-corrected chi connectivity index (χ4v) is 1.81. The van der Waals surface area contributed by atoms with Gasteiger partial charge in [-0.05, 0) is 36.4 Å². The zero-order valence-corrected chi connectivity index (χ0v) is 10.8. The Hall–Kier alpha value is -2.27. The third-order valence-corrected chi connectivity index (χ3v) is 3.01. The van der Waals surface area contributed by atoms with Gasteiger partial charge in [-0.25, -0.2) is 0 Å². The number of phenols is 1. The van der Waals surface area contributed by atoms with Crippen molar-refractivity contribution in [3.63, 3.8) is 0 Å². The molecule has 2 aromatic rings. The summed E-state index contributed by atoms with van der Waals surface area (Å²) >= 11 is 5.81. The molecule has 98 valence electrons. The Morgan fingerprint density at radius 1 is 1.16 bits per heavy atom. The van der Waals surface area contributed by atoms with Gasteiger partial charge < -0.3 is 10.0 Å². The molecule has 1 N–H and O–H groups in total. The van der Waals surface area contributed by atoms with Crippen LogP contribution < -0.4 is 4.90 Å². The lowest BCUT2D eigenvalue weighted by Crippen LogP contribution is -2.09. The van der Waals surface area contributed by atoms with Gasteiger partial charge in [0.1, 0.15) is 0 Å². The van der Waals surface area contributed by atoms with Gasteiger partial charge in [-0.1, -0.05) is 11.6 Å². The van der Waals surface area contributed by atoms with Crippen molar-refractivity contribution in [2.24, 2.45) is 0 Å². The highest BCUT2D eigenvalue weighted by Gasteiger charge is 2.15. The van der Waals surface area contributed by atoms with Gasteiger partial charge >= 0.3 is 5.69 Å². The van der Waals surface area contributed by atoms with Crippen molar-refractivity contribution in [2.45, 2.75) is 0 Å². The fourth-order valence-electron chi connectivity index (χ4n) is 1.68. The molecular formula is C13H11ClN2O3. The minimum absolute atomic E-state index is 0.321. The van der Waals surface area contributed by atoms with Crippen LogP contribution in [-0.4, -0.2) is 17.1 Å². The van der Waals surface area contributed by atoms with Crippen LogP contribution in [0.25, 0.3) is 0 Å². The minimum atomic E-state index is -0.617. The summed E-state index contributed by atoms with van der Waals surface area (Å²) in [6.45, 7) is 0. The first kappa shape index (κ1) is 13.2. The van der Waals surface area contributed by atoms with Crippen LogP contribution in [-0.2, 0) is 0 Å². The fraction of sp³-hybridized carbons (Fsp3) is 0.0769. The Morgan fingerprint density at radius 3 is 2.32 bits per heavy atom. The molecule has 0 aliphatic rings. The largest absolute Gasteiger partial charge is 0.502 e. The summed E-state index contributed by atoms with van der Waals surface area (Å²) in [6.07, 6.45) is 0. The van der Waals surface area contributed by atoms with Gasteiger partial charge in [-0.2, -0.15) is 0 Å². The molecule has 0 bridgehead atoms. The molecule has 19 heavy (non-hydrogen) atoms. The standard InChI is InChI=1S/C13H11ClN2O3/c1-15(10-4-2-9(14)3-5-10)11-6-7-13(17)12(8-11)16(18)19/h2-8,17H,1H3. The first-order valence-corrected chi connectivity index (χ1v) is 5.83. The van der Waals surface area contributed by atoms with E-state index in [0.717, 1.165) is 5.69 Å². The molecule has 0 heterocycles. The number of hydrogen-bond acceptors (Lipinski definition) is 4. The predicted molar refractivity (Wildman–Crippen MR) is 74.3 cm³/mol. The average molecular weight is 279 g/mol. The molecule has 0 aromatic heterocycles. The van der Waals surface area contributed by atoms with Gasteiger partial charge in [-0.15, -0.1) is 0 Å². The van der Waals surface area contributed by atoms with E-state index in [-0.39, 0.29) is 11.4 Å². The molecule has 0 aliphatic carbocycles. The number of rotatable bonds is 3. The topological polar surface area (TPSA) is 66.6 Å². The summed E-state index contributed by atoms with van der Waals surface area (Å²) in [5.74, 6) is -0.349. The minimum Gasteiger partial charge on any atom is -0.502 e. The van der Waals surface area contributed by atoms with Crippen LogP contribution in [0.3, 0.4) is 0 Å². The number of phenolic OH excluding ortho intramolecular Hbond substituents is 1. The molecule has 0 fully saturated rings. The maximum Gasteiger partial charge on any atom is 0.312 e. The lowest BCUT2D eigenvalue weighted by atomic mass is 10.2. The lowest BCUT2D eigenvalue weighted by Gasteiger charge is -2.19. The second-order valence-electron chi connectivity index (χ2n) is 3.97. The number of anilines is 2. The molecule has 2 aromatic carbocycles. The molecule has 5 nitrogen and oxygen atoms in total. The highest BCUT2D eigenvalue weighted by atomic mass is 35.5. The number of aromatic hydroxyl groups is 1. The van der Waals surface area contributed by atoms with Crippen molar-refractivity contribution in [2.75, 3.05) is 11.9 Å². The van der Waals surface area contributed by atoms with Crippen LogP contribution >= 0.6 is 11.6 Å². The average Bonchev–Trinajstić information content (AvgIpc) is 2.39. The van der Waals surface area contributed by atoms with Gasteiger partial charge in [-0.3, -0.25) is 10.1 Å². The van der Waals surface area contributed by atoms with Crippen molar-refractivity contribution in [1.82, 2.24) is 0 Å². The number of nitro groups is 1. The Labute approximate surface area is 114 Å². The molecular weight excluding hydrogens is 268 g/mol. The normalized spacial score (nSPS) is 10.2. The second-order valence-corrected chi connectivity index (χ2v) is 4.40. The smallest absolute Gasteiger partial charge is 0.312 e. The molecule has 0 unspecified atom stereocenters. The molecule has 0 aliphatic heterocycles. The zero-order valence-electron chi connectivity index (χ0n) is 10.1. The molecule has 0 amide bonds. The quantitative estimate of drug-likeness (QED) is 0.686. The van der Waals surface area contributed by atoms with E-state index >= 15 is 0 Å². The van der Waals surface area contributed by atoms with E-state index in [9.17, 15) is 15.2 Å². The van der Waals surface area contributed by atoms with Crippen LogP contribution in [0, 0.1) is 10.1 Å². The summed E-state index contributed by atoms with van der Waals surface area (Å²) in [5, 5.41) is 20.8. The van der Waals surface area contributed by atoms with E-state index in [1.165, 1.54) is 12.1 Å². The molecule has 0 saturated heterocycles. The van der Waals surface area contributed by atoms with Crippen molar-refractivity contribution < 1.29 is 10.0 Å². The number of hydrogen-bond donors (Lipinski definition) is 1. The Kier molecular flexibility index (Phi) is 3.57. The molecule has 0 spiro atoms. The second kappa shape index (κ2) is 5.16. The monoisotopic (exact) mass is 278 g/mol. The lowest BCUT2D eigenvalue weighted by molar-refractivity contribution is -0.385. The van der Waals surface area contributed by atoms with Gasteiger partial charge in [0.05, 0.1) is 4.92 Å². The van der Waals surface area contributed by atoms with Crippen LogP contribution in [0.15, 0.2) is 42.5 Å². The third-order valence-electron chi connectivity index (χ3n) is 2.76. The summed E-state index contributed by atoms with van der Waals surface area (Å²) in [6, 6.07) is 11.3. The van der Waals surface area contributed by atoms with Gasteiger partial charge in [0.15, 0.2) is 5.75 Å². The van der Waals surface area contributed by atoms with Gasteiger partial charge in [0.2, 0.25) is 0 Å². The summed E-state index contributed by atoms with van der Waals surface area (Å²) in [5.41, 5.74) is 1.12. The summed E-state index contributed by atoms with van der Waals surface area (Å²) in [4.78, 5) is 11.9. The first-order chi connectivity index (χ1) is 8.99. The van der Waals surface area contributed by atoms with Crippen LogP contribution in [0.5, 0.6) is 5.75 Å². The van der Waals surface area contributed by atoms with Crippen molar-refractivity contribution in [1.29, 1.82) is 0 Å². The summed E-state index contributed by atoms with van der Waals surface area (Å²) < 4.78 is 0. The van der Waals surface area contributed by atoms with Crippen molar-refractivity contribution in [3.05, 3.63) is 57.6 Å². The Morgan fingerprint density at radius 2 is 1.74 bits per heavy atom. The van der Waals surface area contributed by atoms with E-state index < -0.39 is 4.92 Å². The highest BCUT2D eigenvalue weighted by molar-refractivity contribution is 6.30. The van der Waals surface area contributed by atoms with E-state index in [2.05, 4.69) is 0 Å². The molecule has 0 radical (unpaired) electrons. The highest BCUT2D eigenvalue weighted by Crippen LogP contribution is 2.33. The van der Waals surface area contributed by atoms with Crippen LogP contribution in [0.1, 0.15) is 0 Å². The number of nitro benzene ring substituents is 1. The molecule has 0 saturated carbocycles. The zero-order chi connectivity index (χ0) is 14.0. The maximum atomic E-state index is 10.8. The SMILES string of the molecule is CN(c1ccc(Cl)cc1)c1ccc(O)c([N+](=O)[O-])c1. The molecule has 6 heteroatoms. The van der Waals surface area contributed by atoms with E-state index in [4.69, 9.17) is 11.6 Å². The Balaban J connectivity index is 2.38. The number of benzene rings is 2. The van der Waals surface area contributed by atoms with Gasteiger partial charge in [0.25, 0.3) is 0 Å². The summed E-state index contributed by atoms with van der Waals surface area (Å²) in [7, 11) is 1.78. The Bertz CT molecular complexity index is 614. The maximum absolute atomic E-state index is 10.8. The van der Waals surface area contributed by atoms with Crippen LogP contribution in [0.4, 0.5) is 17.1 Å². The molecule has 2 rings (SSSR count). The van der Waals surface area contributed by atoms with E-state index in [1.807, 2.05) is 0 Å². The van der Waals surface area contributed by atoms with Crippen LogP contribution in [0.2, 0.25) is 5.02 Å². The third kappa shape index (κ3) is 2.77. The van der Waals surface area contributed by atoms with Crippen molar-refractivity contribution in [3.8, 4) is 5.75 Å². The van der Waals surface area contributed by atoms with Crippen molar-refractivity contribution >= 4 is 28.7 Å². The molecule has 0 atom stereocenters. The van der Waals surface area contributed by atoms with E-state index in [0.29, 0.717) is 10.7 Å².